The van der Waals surface area contributed by atoms with E-state index < -0.39 is 7.14 Å². The number of rotatable bonds is 5. The quantitative estimate of drug-likeness (QED) is 0.171. The number of furan rings is 1. The Balaban J connectivity index is 1.32. The first-order chi connectivity index (χ1) is 24.6. The van der Waals surface area contributed by atoms with Crippen molar-refractivity contribution in [1.82, 2.24) is 4.57 Å². The molecule has 4 fully saturated rings. The molecular weight excluding hydrogens is 629 g/mol. The molecule has 0 amide bonds. The molecule has 244 valence electrons. The molecule has 0 saturated heterocycles. The van der Waals surface area contributed by atoms with Gasteiger partial charge in [0, 0.05) is 43.2 Å². The first-order valence-corrected chi connectivity index (χ1v) is 20.0. The Bertz CT molecular complexity index is 2530. The topological polar surface area (TPSA) is 35.1 Å². The fraction of sp³-hybridized carbons (Fsp3) is 0.217. The zero-order chi connectivity index (χ0) is 33.0. The van der Waals surface area contributed by atoms with Gasteiger partial charge in [0.25, 0.3) is 0 Å². The second-order valence-corrected chi connectivity index (χ2v) is 18.0. The highest BCUT2D eigenvalue weighted by Crippen LogP contribution is 2.65. The zero-order valence-corrected chi connectivity index (χ0v) is 28.8. The highest BCUT2D eigenvalue weighted by Gasteiger charge is 2.60. The summed E-state index contributed by atoms with van der Waals surface area (Å²) in [6.45, 7) is 0. The van der Waals surface area contributed by atoms with Crippen molar-refractivity contribution >= 4 is 66.8 Å². The minimum atomic E-state index is -3.39. The van der Waals surface area contributed by atoms with Crippen LogP contribution >= 0.6 is 7.14 Å². The molecule has 4 aliphatic rings. The summed E-state index contributed by atoms with van der Waals surface area (Å²) in [7, 11) is -3.39. The summed E-state index contributed by atoms with van der Waals surface area (Å²) in [4.78, 5) is 0. The van der Waals surface area contributed by atoms with Crippen molar-refractivity contribution in [3.63, 3.8) is 0 Å². The maximum atomic E-state index is 16.4. The predicted molar refractivity (Wildman–Crippen MR) is 207 cm³/mol. The largest absolute Gasteiger partial charge is 0.455 e. The minimum absolute atomic E-state index is 0.296. The summed E-state index contributed by atoms with van der Waals surface area (Å²) in [6, 6.07) is 51.5. The molecule has 2 aromatic heterocycles. The van der Waals surface area contributed by atoms with Crippen LogP contribution in [-0.2, 0) is 10.1 Å². The maximum Gasteiger partial charge on any atom is 0.174 e. The Morgan fingerprint density at radius 1 is 0.540 bits per heavy atom. The standard InChI is InChI=1S/C46H38NO2P/c48-50(35-13-3-1-4-14-35,36-15-5-2-6-16-36)44-29-34(28-40-39-19-9-12-22-43(39)49-45(40)44)46(32-24-30-23-31(26-32)27-33(46)25-30)47-41-20-10-7-17-37(41)38-18-8-11-21-42(38)47/h1-22,28-33H,23-27H2. The van der Waals surface area contributed by atoms with Crippen molar-refractivity contribution in [1.29, 1.82) is 0 Å². The smallest absolute Gasteiger partial charge is 0.174 e. The second kappa shape index (κ2) is 10.6. The third-order valence-corrected chi connectivity index (χ3v) is 15.9. The predicted octanol–water partition coefficient (Wildman–Crippen LogP) is 10.5. The molecule has 4 saturated carbocycles. The van der Waals surface area contributed by atoms with Crippen LogP contribution in [0.3, 0.4) is 0 Å². The number of benzene rings is 6. The lowest BCUT2D eigenvalue weighted by Crippen LogP contribution is -2.59. The third-order valence-electron chi connectivity index (χ3n) is 12.8. The van der Waals surface area contributed by atoms with E-state index in [0.29, 0.717) is 11.8 Å². The van der Waals surface area contributed by atoms with E-state index in [4.69, 9.17) is 4.42 Å². The van der Waals surface area contributed by atoms with Crippen molar-refractivity contribution in [3.05, 3.63) is 151 Å². The van der Waals surface area contributed by atoms with Gasteiger partial charge in [-0.15, -0.1) is 0 Å². The van der Waals surface area contributed by atoms with Crippen LogP contribution in [-0.4, -0.2) is 4.57 Å². The summed E-state index contributed by atoms with van der Waals surface area (Å²) in [5.41, 5.74) is 5.18. The van der Waals surface area contributed by atoms with E-state index in [2.05, 4.69) is 83.4 Å². The number of hydrogen-bond acceptors (Lipinski definition) is 2. The van der Waals surface area contributed by atoms with Crippen LogP contribution in [0, 0.1) is 23.7 Å². The molecule has 0 N–H and O–H groups in total. The molecule has 4 heteroatoms. The van der Waals surface area contributed by atoms with Crippen molar-refractivity contribution < 1.29 is 8.98 Å². The van der Waals surface area contributed by atoms with Gasteiger partial charge in [-0.1, -0.05) is 115 Å². The van der Waals surface area contributed by atoms with Gasteiger partial charge in [-0.05, 0) is 91.7 Å². The molecule has 4 aliphatic carbocycles. The molecule has 0 aliphatic heterocycles. The van der Waals surface area contributed by atoms with Gasteiger partial charge in [-0.2, -0.15) is 0 Å². The number of nitrogens with zero attached hydrogens (tertiary/aromatic N) is 1. The molecule has 0 atom stereocenters. The molecule has 6 aromatic carbocycles. The van der Waals surface area contributed by atoms with E-state index in [1.54, 1.807) is 0 Å². The average Bonchev–Trinajstić information content (AvgIpc) is 3.71. The Kier molecular flexibility index (Phi) is 6.12. The maximum absolute atomic E-state index is 16.4. The van der Waals surface area contributed by atoms with Gasteiger partial charge in [0.15, 0.2) is 7.14 Å². The molecule has 4 bridgehead atoms. The summed E-state index contributed by atoms with van der Waals surface area (Å²) < 4.78 is 26.0. The van der Waals surface area contributed by atoms with Crippen LogP contribution in [0.2, 0.25) is 0 Å². The summed E-state index contributed by atoms with van der Waals surface area (Å²) >= 11 is 0. The van der Waals surface area contributed by atoms with Gasteiger partial charge >= 0.3 is 0 Å². The molecule has 2 heterocycles. The normalized spacial score (nSPS) is 24.6. The van der Waals surface area contributed by atoms with Crippen LogP contribution in [0.4, 0.5) is 0 Å². The van der Waals surface area contributed by atoms with Gasteiger partial charge in [0.1, 0.15) is 11.2 Å². The van der Waals surface area contributed by atoms with Crippen molar-refractivity contribution in [2.75, 3.05) is 0 Å². The second-order valence-electron chi connectivity index (χ2n) is 15.3. The molecule has 0 spiro atoms. The Morgan fingerprint density at radius 2 is 1.04 bits per heavy atom. The van der Waals surface area contributed by atoms with Crippen molar-refractivity contribution in [2.45, 2.75) is 37.6 Å². The van der Waals surface area contributed by atoms with Crippen LogP contribution in [0.15, 0.2) is 150 Å². The Hall–Kier alpha value is -4.85. The summed E-state index contributed by atoms with van der Waals surface area (Å²) in [6.07, 6.45) is 6.33. The molecule has 0 radical (unpaired) electrons. The number of para-hydroxylation sites is 3. The van der Waals surface area contributed by atoms with E-state index in [1.165, 1.54) is 59.5 Å². The third kappa shape index (κ3) is 3.79. The lowest BCUT2D eigenvalue weighted by molar-refractivity contribution is -0.0718. The van der Waals surface area contributed by atoms with E-state index in [0.717, 1.165) is 49.7 Å². The number of fused-ring (bicyclic) bond motifs is 6. The van der Waals surface area contributed by atoms with Crippen LogP contribution in [0.5, 0.6) is 0 Å². The monoisotopic (exact) mass is 667 g/mol. The van der Waals surface area contributed by atoms with Crippen LogP contribution in [0.25, 0.3) is 43.7 Å². The van der Waals surface area contributed by atoms with E-state index in [9.17, 15) is 0 Å². The molecule has 12 rings (SSSR count). The minimum Gasteiger partial charge on any atom is -0.455 e. The summed E-state index contributed by atoms with van der Waals surface area (Å²) in [5.74, 6) is 2.54. The van der Waals surface area contributed by atoms with Gasteiger partial charge < -0.3 is 13.5 Å². The SMILES string of the molecule is O=P(c1ccccc1)(c1ccccc1)c1cc(C2(n3c4ccccc4c4ccccc43)C3CC4CC(C3)CC2C4)cc2c1oc1ccccc12. The molecule has 8 aromatic rings. The highest BCUT2D eigenvalue weighted by atomic mass is 31.2. The van der Waals surface area contributed by atoms with Crippen molar-refractivity contribution in [3.8, 4) is 0 Å². The number of hydrogen-bond donors (Lipinski definition) is 0. The van der Waals surface area contributed by atoms with Gasteiger partial charge in [0.05, 0.1) is 10.8 Å². The van der Waals surface area contributed by atoms with E-state index >= 15 is 4.57 Å². The number of aromatic nitrogens is 1. The summed E-state index contributed by atoms with van der Waals surface area (Å²) in [5, 5.41) is 7.25. The fourth-order valence-corrected chi connectivity index (χ4v) is 14.0. The zero-order valence-electron chi connectivity index (χ0n) is 27.9. The van der Waals surface area contributed by atoms with Crippen LogP contribution < -0.4 is 15.9 Å². The van der Waals surface area contributed by atoms with Crippen LogP contribution in [0.1, 0.15) is 37.7 Å². The van der Waals surface area contributed by atoms with Gasteiger partial charge in [-0.25, -0.2) is 0 Å². The fourth-order valence-electron chi connectivity index (χ4n) is 11.2. The lowest BCUT2D eigenvalue weighted by Gasteiger charge is -2.62. The van der Waals surface area contributed by atoms with E-state index in [-0.39, 0.29) is 5.54 Å². The van der Waals surface area contributed by atoms with Crippen molar-refractivity contribution in [2.24, 2.45) is 23.7 Å². The van der Waals surface area contributed by atoms with Gasteiger partial charge in [0.2, 0.25) is 0 Å². The average molecular weight is 668 g/mol. The van der Waals surface area contributed by atoms with Gasteiger partial charge in [-0.3, -0.25) is 0 Å². The Morgan fingerprint density at radius 3 is 1.62 bits per heavy atom. The molecule has 3 nitrogen and oxygen atoms in total. The molecule has 50 heavy (non-hydrogen) atoms. The lowest BCUT2D eigenvalue weighted by atomic mass is 9.47. The first kappa shape index (κ1) is 28.9. The Labute approximate surface area is 291 Å². The highest BCUT2D eigenvalue weighted by molar-refractivity contribution is 7.85. The molecular formula is C46H38NO2P. The molecule has 0 unspecified atom stereocenters. The first-order valence-electron chi connectivity index (χ1n) is 18.3. The van der Waals surface area contributed by atoms with E-state index in [1.807, 2.05) is 66.7 Å².